The maximum Gasteiger partial charge on any atom is 0.416 e. The van der Waals surface area contributed by atoms with Crippen molar-refractivity contribution in [1.29, 1.82) is 0 Å². The molecular weight excluding hydrogens is 295 g/mol. The van der Waals surface area contributed by atoms with Gasteiger partial charge >= 0.3 is 6.18 Å². The molecule has 0 bridgehead atoms. The molecule has 1 nitrogen and oxygen atoms in total. The zero-order valence-corrected chi connectivity index (χ0v) is 11.3. The molecule has 2 atom stereocenters. The van der Waals surface area contributed by atoms with Gasteiger partial charge in [-0.1, -0.05) is 36.2 Å². The molecule has 0 saturated heterocycles. The number of nitrogens with two attached hydrogens (primary N) is 1. The van der Waals surface area contributed by atoms with Crippen molar-refractivity contribution in [3.05, 3.63) is 33.8 Å². The number of hydrogen-bond acceptors (Lipinski definition) is 1. The van der Waals surface area contributed by atoms with Crippen LogP contribution in [0.1, 0.15) is 37.4 Å². The van der Waals surface area contributed by atoms with Crippen LogP contribution in [0.4, 0.5) is 13.2 Å². The van der Waals surface area contributed by atoms with E-state index in [9.17, 15) is 13.2 Å². The minimum Gasteiger partial charge on any atom is -0.324 e. The highest BCUT2D eigenvalue weighted by Crippen LogP contribution is 2.35. The van der Waals surface area contributed by atoms with Crippen molar-refractivity contribution < 1.29 is 13.2 Å². The Hall–Kier alpha value is -0.550. The molecule has 1 aromatic rings. The van der Waals surface area contributed by atoms with E-state index in [0.29, 0.717) is 10.0 Å². The van der Waals surface area contributed by atoms with Gasteiger partial charge in [0.25, 0.3) is 0 Å². The number of alkyl halides is 3. The third-order valence-electron chi connectivity index (χ3n) is 2.94. The van der Waals surface area contributed by atoms with Crippen molar-refractivity contribution in [2.45, 2.75) is 32.5 Å². The first-order valence-corrected chi connectivity index (χ1v) is 6.19. The van der Waals surface area contributed by atoms with Gasteiger partial charge in [0, 0.05) is 10.5 Å². The molecule has 96 valence electrons. The van der Waals surface area contributed by atoms with E-state index < -0.39 is 17.8 Å². The summed E-state index contributed by atoms with van der Waals surface area (Å²) in [6, 6.07) is 3.19. The van der Waals surface area contributed by atoms with Gasteiger partial charge in [0.15, 0.2) is 0 Å². The molecule has 0 spiro atoms. The lowest BCUT2D eigenvalue weighted by Gasteiger charge is -2.21. The van der Waals surface area contributed by atoms with E-state index in [2.05, 4.69) is 15.9 Å². The molecule has 17 heavy (non-hydrogen) atoms. The molecule has 0 aliphatic heterocycles. The fourth-order valence-corrected chi connectivity index (χ4v) is 2.05. The summed E-state index contributed by atoms with van der Waals surface area (Å²) in [4.78, 5) is 0. The maximum absolute atomic E-state index is 12.6. The van der Waals surface area contributed by atoms with Gasteiger partial charge in [-0.25, -0.2) is 0 Å². The predicted octanol–water partition coefficient (Wildman–Crippen LogP) is 4.51. The standard InChI is InChI=1S/C12H15BrF3N/c1-3-7(2)11(17)9-6-8(12(14,15)16)4-5-10(9)13/h4-7,11H,3,17H2,1-2H3. The lowest BCUT2D eigenvalue weighted by atomic mass is 9.92. The normalized spacial score (nSPS) is 15.7. The van der Waals surface area contributed by atoms with Crippen LogP contribution in [0.2, 0.25) is 0 Å². The molecule has 2 unspecified atom stereocenters. The summed E-state index contributed by atoms with van der Waals surface area (Å²) in [5.74, 6) is 0.134. The second-order valence-corrected chi connectivity index (χ2v) is 5.00. The van der Waals surface area contributed by atoms with Crippen LogP contribution in [0.3, 0.4) is 0 Å². The van der Waals surface area contributed by atoms with E-state index in [1.165, 1.54) is 6.07 Å². The molecule has 1 aromatic carbocycles. The third-order valence-corrected chi connectivity index (χ3v) is 3.66. The maximum atomic E-state index is 12.6. The van der Waals surface area contributed by atoms with Crippen LogP contribution in [0, 0.1) is 5.92 Å². The second-order valence-electron chi connectivity index (χ2n) is 4.15. The smallest absolute Gasteiger partial charge is 0.324 e. The van der Waals surface area contributed by atoms with E-state index in [1.54, 1.807) is 0 Å². The van der Waals surface area contributed by atoms with Crippen LogP contribution in [0.25, 0.3) is 0 Å². The highest BCUT2D eigenvalue weighted by atomic mass is 79.9. The summed E-state index contributed by atoms with van der Waals surface area (Å²) in [7, 11) is 0. The Labute approximate surface area is 107 Å². The van der Waals surface area contributed by atoms with Gasteiger partial charge in [-0.2, -0.15) is 13.2 Å². The van der Waals surface area contributed by atoms with Crippen LogP contribution in [0.15, 0.2) is 22.7 Å². The molecule has 1 rings (SSSR count). The van der Waals surface area contributed by atoms with Crippen LogP contribution in [-0.4, -0.2) is 0 Å². The van der Waals surface area contributed by atoms with Crippen LogP contribution in [-0.2, 0) is 6.18 Å². The zero-order chi connectivity index (χ0) is 13.2. The SMILES string of the molecule is CCC(C)C(N)c1cc(C(F)(F)F)ccc1Br. The molecule has 0 aliphatic rings. The molecular formula is C12H15BrF3N. The number of hydrogen-bond donors (Lipinski definition) is 1. The lowest BCUT2D eigenvalue weighted by Crippen LogP contribution is -2.20. The minimum absolute atomic E-state index is 0.134. The molecule has 5 heteroatoms. The van der Waals surface area contributed by atoms with E-state index in [-0.39, 0.29) is 5.92 Å². The Morgan fingerprint density at radius 1 is 1.35 bits per heavy atom. The Bertz CT molecular complexity index is 390. The average Bonchev–Trinajstić information content (AvgIpc) is 2.26. The average molecular weight is 310 g/mol. The van der Waals surface area contributed by atoms with Crippen molar-refractivity contribution in [1.82, 2.24) is 0 Å². The number of halogens is 4. The first-order chi connectivity index (χ1) is 7.77. The van der Waals surface area contributed by atoms with Gasteiger partial charge in [-0.3, -0.25) is 0 Å². The molecule has 0 saturated carbocycles. The monoisotopic (exact) mass is 309 g/mol. The lowest BCUT2D eigenvalue weighted by molar-refractivity contribution is -0.137. The van der Waals surface area contributed by atoms with E-state index >= 15 is 0 Å². The Kier molecular flexibility index (Phi) is 4.61. The largest absolute Gasteiger partial charge is 0.416 e. The summed E-state index contributed by atoms with van der Waals surface area (Å²) < 4.78 is 38.4. The molecule has 0 heterocycles. The summed E-state index contributed by atoms with van der Waals surface area (Å²) in [6.45, 7) is 3.89. The van der Waals surface area contributed by atoms with E-state index in [4.69, 9.17) is 5.73 Å². The second kappa shape index (κ2) is 5.40. The predicted molar refractivity (Wildman–Crippen MR) is 65.5 cm³/mol. The minimum atomic E-state index is -4.33. The summed E-state index contributed by atoms with van der Waals surface area (Å²) >= 11 is 3.25. The summed E-state index contributed by atoms with van der Waals surface area (Å²) in [6.07, 6.45) is -3.51. The Morgan fingerprint density at radius 2 is 1.94 bits per heavy atom. The van der Waals surface area contributed by atoms with Gasteiger partial charge in [-0.15, -0.1) is 0 Å². The van der Waals surface area contributed by atoms with Gasteiger partial charge < -0.3 is 5.73 Å². The fourth-order valence-electron chi connectivity index (χ4n) is 1.54. The number of benzene rings is 1. The molecule has 0 radical (unpaired) electrons. The zero-order valence-electron chi connectivity index (χ0n) is 9.68. The molecule has 0 fully saturated rings. The van der Waals surface area contributed by atoms with Crippen molar-refractivity contribution in [3.8, 4) is 0 Å². The van der Waals surface area contributed by atoms with Crippen molar-refractivity contribution in [2.75, 3.05) is 0 Å². The topological polar surface area (TPSA) is 26.0 Å². The van der Waals surface area contributed by atoms with Gasteiger partial charge in [-0.05, 0) is 29.7 Å². The molecule has 0 aliphatic carbocycles. The van der Waals surface area contributed by atoms with Crippen molar-refractivity contribution in [3.63, 3.8) is 0 Å². The van der Waals surface area contributed by atoms with Crippen molar-refractivity contribution >= 4 is 15.9 Å². The molecule has 2 N–H and O–H groups in total. The third kappa shape index (κ3) is 3.45. The first kappa shape index (κ1) is 14.5. The van der Waals surface area contributed by atoms with Crippen LogP contribution >= 0.6 is 15.9 Å². The summed E-state index contributed by atoms with van der Waals surface area (Å²) in [5, 5.41) is 0. The molecule has 0 aromatic heterocycles. The van der Waals surface area contributed by atoms with E-state index in [1.807, 2.05) is 13.8 Å². The molecule has 0 amide bonds. The first-order valence-electron chi connectivity index (χ1n) is 5.39. The van der Waals surface area contributed by atoms with E-state index in [0.717, 1.165) is 18.6 Å². The van der Waals surface area contributed by atoms with Crippen molar-refractivity contribution in [2.24, 2.45) is 11.7 Å². The van der Waals surface area contributed by atoms with Crippen LogP contribution in [0.5, 0.6) is 0 Å². The highest BCUT2D eigenvalue weighted by molar-refractivity contribution is 9.10. The van der Waals surface area contributed by atoms with Crippen LogP contribution < -0.4 is 5.73 Å². The summed E-state index contributed by atoms with van der Waals surface area (Å²) in [5.41, 5.74) is 5.82. The van der Waals surface area contributed by atoms with Gasteiger partial charge in [0.2, 0.25) is 0 Å². The highest BCUT2D eigenvalue weighted by Gasteiger charge is 2.31. The Morgan fingerprint density at radius 3 is 2.41 bits per heavy atom. The van der Waals surface area contributed by atoms with Gasteiger partial charge in [0.05, 0.1) is 5.56 Å². The number of rotatable bonds is 3. The Balaban J connectivity index is 3.15. The quantitative estimate of drug-likeness (QED) is 0.873. The fraction of sp³-hybridized carbons (Fsp3) is 0.500. The van der Waals surface area contributed by atoms with Gasteiger partial charge in [0.1, 0.15) is 0 Å².